The Morgan fingerprint density at radius 1 is 0.826 bits per heavy atom. The molecule has 23 heavy (non-hydrogen) atoms. The normalized spacial score (nSPS) is 8.22. The molecular weight excluding hydrogens is 383 g/mol. The minimum Gasteiger partial charge on any atom is -0.481 e. The van der Waals surface area contributed by atoms with Crippen LogP contribution in [0.2, 0.25) is 0 Å². The van der Waals surface area contributed by atoms with Gasteiger partial charge in [-0.25, -0.2) is 4.79 Å². The largest absolute Gasteiger partial charge is 2.00 e. The number of aliphatic carboxylic acids is 3. The Morgan fingerprint density at radius 2 is 1.00 bits per heavy atom. The first-order valence-electron chi connectivity index (χ1n) is 4.27. The van der Waals surface area contributed by atoms with Gasteiger partial charge in [0.1, 0.15) is 0 Å². The molecule has 0 heterocycles. The van der Waals surface area contributed by atoms with Gasteiger partial charge < -0.3 is 56.5 Å². The van der Waals surface area contributed by atoms with Crippen LogP contribution in [-0.2, 0) is 31.2 Å². The fourth-order valence-electron chi connectivity index (χ4n) is 0.714. The van der Waals surface area contributed by atoms with Gasteiger partial charge in [-0.2, -0.15) is 0 Å². The molecule has 0 saturated heterocycles. The smallest absolute Gasteiger partial charge is 0.481 e. The molecule has 0 atom stereocenters. The van der Waals surface area contributed by atoms with E-state index in [2.05, 4.69) is 0 Å². The molecule has 16 nitrogen and oxygen atoms in total. The van der Waals surface area contributed by atoms with Gasteiger partial charge in [-0.15, -0.1) is 0 Å². The summed E-state index contributed by atoms with van der Waals surface area (Å²) in [6.07, 6.45) is -2.29. The van der Waals surface area contributed by atoms with Crippen molar-refractivity contribution in [3.05, 3.63) is 30.6 Å². The van der Waals surface area contributed by atoms with E-state index in [1.807, 2.05) is 0 Å². The fraction of sp³-hybridized carbons (Fsp3) is 0.500. The van der Waals surface area contributed by atoms with Gasteiger partial charge in [0.15, 0.2) is 5.60 Å². The quantitative estimate of drug-likeness (QED) is 0.276. The van der Waals surface area contributed by atoms with E-state index >= 15 is 0 Å². The van der Waals surface area contributed by atoms with Crippen LogP contribution in [0.25, 0.3) is 0 Å². The van der Waals surface area contributed by atoms with Crippen LogP contribution in [0.3, 0.4) is 0 Å². The maximum absolute atomic E-state index is 10.3. The minimum absolute atomic E-state index is 0. The molecule has 0 aromatic heterocycles. The van der Waals surface area contributed by atoms with Crippen LogP contribution < -0.4 is 0 Å². The summed E-state index contributed by atoms with van der Waals surface area (Å²) in [5.74, 6) is -5.02. The Labute approximate surface area is 135 Å². The number of carboxylic acid groups (broad SMARTS) is 3. The molecular formula is C6H10CoN2O14. The number of aliphatic hydroxyl groups is 1. The summed E-state index contributed by atoms with van der Waals surface area (Å²) in [4.78, 5) is 47.0. The third-order valence-corrected chi connectivity index (χ3v) is 1.29. The van der Waals surface area contributed by atoms with Gasteiger partial charge in [0.25, 0.3) is 0 Å². The molecule has 0 bridgehead atoms. The molecule has 0 saturated carbocycles. The monoisotopic (exact) mass is 393 g/mol. The van der Waals surface area contributed by atoms with Crippen molar-refractivity contribution in [2.45, 2.75) is 18.4 Å². The molecule has 0 aromatic rings. The van der Waals surface area contributed by atoms with E-state index < -0.39 is 46.5 Å². The summed E-state index contributed by atoms with van der Waals surface area (Å²) in [7, 11) is 0. The molecule has 0 aliphatic carbocycles. The van der Waals surface area contributed by atoms with Crippen molar-refractivity contribution in [3.63, 3.8) is 0 Å². The molecule has 17 heteroatoms. The first kappa shape index (κ1) is 32.3. The zero-order valence-electron chi connectivity index (χ0n) is 10.6. The molecule has 0 aliphatic rings. The molecule has 6 N–H and O–H groups in total. The van der Waals surface area contributed by atoms with Gasteiger partial charge in [-0.3, -0.25) is 9.59 Å². The topological polar surface area (TPSA) is 296 Å². The summed E-state index contributed by atoms with van der Waals surface area (Å²) in [5, 5.41) is 63.3. The maximum atomic E-state index is 10.3. The molecule has 0 unspecified atom stereocenters. The second kappa shape index (κ2) is 15.6. The first-order valence-corrected chi connectivity index (χ1v) is 4.27. The van der Waals surface area contributed by atoms with Crippen molar-refractivity contribution in [1.82, 2.24) is 0 Å². The number of nitrogens with zero attached hydrogens (tertiary/aromatic N) is 2. The van der Waals surface area contributed by atoms with Crippen molar-refractivity contribution >= 4 is 17.9 Å². The van der Waals surface area contributed by atoms with Gasteiger partial charge in [0.2, 0.25) is 0 Å². The Morgan fingerprint density at radius 3 is 1.09 bits per heavy atom. The number of rotatable bonds is 5. The van der Waals surface area contributed by atoms with E-state index in [-0.39, 0.29) is 22.3 Å². The standard InChI is InChI=1S/C6H8O7.Co.2NO3.H2O/c7-3(8)1-6(13,5(11)12)2-4(9)10;;2*2-1(3)4;/h13H,1-2H2,(H,7,8)(H,9,10)(H,11,12);;;;1H2/q;+2;2*-1;. The molecule has 0 rings (SSSR count). The number of carbonyl (C=O) groups is 3. The van der Waals surface area contributed by atoms with E-state index in [0.29, 0.717) is 0 Å². The molecule has 0 amide bonds. The summed E-state index contributed by atoms with van der Waals surface area (Å²) in [6, 6.07) is 0. The number of hydrogen-bond acceptors (Lipinski definition) is 10. The van der Waals surface area contributed by atoms with E-state index in [1.165, 1.54) is 0 Å². The van der Waals surface area contributed by atoms with Crippen LogP contribution in [0, 0.1) is 30.6 Å². The summed E-state index contributed by atoms with van der Waals surface area (Å²) >= 11 is 0. The Balaban J connectivity index is -0.0000000909. The van der Waals surface area contributed by atoms with Crippen molar-refractivity contribution in [2.24, 2.45) is 0 Å². The fourth-order valence-corrected chi connectivity index (χ4v) is 0.714. The summed E-state index contributed by atoms with van der Waals surface area (Å²) in [6.45, 7) is 0. The third-order valence-electron chi connectivity index (χ3n) is 1.29. The summed E-state index contributed by atoms with van der Waals surface area (Å²) < 4.78 is 0. The van der Waals surface area contributed by atoms with Gasteiger partial charge in [-0.1, -0.05) is 0 Å². The Bertz CT molecular complexity index is 374. The predicted molar refractivity (Wildman–Crippen MR) is 61.4 cm³/mol. The van der Waals surface area contributed by atoms with Crippen molar-refractivity contribution < 1.29 is 67.2 Å². The maximum Gasteiger partial charge on any atom is 2.00 e. The summed E-state index contributed by atoms with van der Waals surface area (Å²) in [5.41, 5.74) is -2.74. The van der Waals surface area contributed by atoms with Crippen LogP contribution in [0.15, 0.2) is 0 Å². The zero-order chi connectivity index (χ0) is 17.8. The SMILES string of the molecule is O.O=C(O)CC(O)(CC(=O)O)C(=O)O.O=[N+]([O-])[O-].O=[N+]([O-])[O-].[Co+2]. The van der Waals surface area contributed by atoms with Gasteiger partial charge in [0, 0.05) is 0 Å². The zero-order valence-corrected chi connectivity index (χ0v) is 11.6. The molecule has 0 aliphatic heterocycles. The van der Waals surface area contributed by atoms with Crippen LogP contribution in [0.1, 0.15) is 12.8 Å². The molecule has 0 aromatic carbocycles. The molecule has 0 fully saturated rings. The second-order valence-electron chi connectivity index (χ2n) is 2.92. The van der Waals surface area contributed by atoms with E-state index in [1.54, 1.807) is 0 Å². The average molecular weight is 393 g/mol. The van der Waals surface area contributed by atoms with E-state index in [9.17, 15) is 14.4 Å². The third kappa shape index (κ3) is 32.6. The van der Waals surface area contributed by atoms with Crippen LogP contribution in [0.5, 0.6) is 0 Å². The second-order valence-corrected chi connectivity index (χ2v) is 2.92. The molecule has 1 radical (unpaired) electrons. The van der Waals surface area contributed by atoms with E-state index in [4.69, 9.17) is 51.1 Å². The van der Waals surface area contributed by atoms with Crippen LogP contribution in [0.4, 0.5) is 0 Å². The predicted octanol–water partition coefficient (Wildman–Crippen LogP) is -2.55. The number of hydrogen-bond donors (Lipinski definition) is 4. The Hall–Kier alpha value is -2.76. The van der Waals surface area contributed by atoms with Gasteiger partial charge >= 0.3 is 34.7 Å². The van der Waals surface area contributed by atoms with Gasteiger partial charge in [0.05, 0.1) is 23.0 Å². The number of carboxylic acids is 3. The Kier molecular flexibility index (Phi) is 21.9. The van der Waals surface area contributed by atoms with Gasteiger partial charge in [-0.05, 0) is 0 Å². The van der Waals surface area contributed by atoms with Crippen molar-refractivity contribution in [2.75, 3.05) is 0 Å². The van der Waals surface area contributed by atoms with Crippen LogP contribution in [-0.4, -0.2) is 59.6 Å². The molecule has 0 spiro atoms. The van der Waals surface area contributed by atoms with Crippen molar-refractivity contribution in [1.29, 1.82) is 0 Å². The first-order chi connectivity index (χ1) is 9.24. The average Bonchev–Trinajstić information content (AvgIpc) is 2.11. The van der Waals surface area contributed by atoms with E-state index in [0.717, 1.165) is 0 Å². The van der Waals surface area contributed by atoms with Crippen LogP contribution >= 0.6 is 0 Å². The molecule has 137 valence electrons. The van der Waals surface area contributed by atoms with Crippen molar-refractivity contribution in [3.8, 4) is 0 Å². The minimum atomic E-state index is -2.74.